The number of aliphatic hydroxyl groups is 1. The highest BCUT2D eigenvalue weighted by Gasteiger charge is 2.56. The van der Waals surface area contributed by atoms with Crippen LogP contribution < -0.4 is 0 Å². The van der Waals surface area contributed by atoms with Crippen LogP contribution >= 0.6 is 0 Å². The molecule has 26 heavy (non-hydrogen) atoms. The van der Waals surface area contributed by atoms with Gasteiger partial charge in [0.2, 0.25) is 0 Å². The zero-order valence-electron chi connectivity index (χ0n) is 17.0. The standard InChI is InChI=1S/C24H31NO/c1-23-11-9-18(26)14-17(23)5-6-19-21-8-7-20(16-4-3-13-25-15-16)24(21,2)12-10-22(19)23/h3-5,7,13,15,18-19,21-22,26H,6,8-12,14H2,1-2H3/t18-,19?,21?,22?,23-,24+/m0/s1/i7D. The normalized spacial score (nSPS) is 45.3. The summed E-state index contributed by atoms with van der Waals surface area (Å²) in [4.78, 5) is 4.34. The molecule has 138 valence electrons. The predicted octanol–water partition coefficient (Wildman–Crippen LogP) is 5.40. The van der Waals surface area contributed by atoms with Crippen molar-refractivity contribution in [2.45, 2.75) is 64.9 Å². The number of nitrogens with zero attached hydrogens (tertiary/aromatic N) is 1. The Morgan fingerprint density at radius 2 is 2.00 bits per heavy atom. The van der Waals surface area contributed by atoms with E-state index in [-0.39, 0.29) is 16.9 Å². The molecule has 0 amide bonds. The zero-order chi connectivity index (χ0) is 18.8. The van der Waals surface area contributed by atoms with Crippen LogP contribution in [0.5, 0.6) is 0 Å². The molecule has 0 bridgehead atoms. The van der Waals surface area contributed by atoms with E-state index in [1.54, 1.807) is 0 Å². The van der Waals surface area contributed by atoms with Crippen molar-refractivity contribution >= 4 is 5.57 Å². The molecule has 4 aliphatic carbocycles. The third-order valence-corrected chi connectivity index (χ3v) is 8.49. The number of aliphatic hydroxyl groups excluding tert-OH is 1. The third kappa shape index (κ3) is 2.24. The molecule has 0 aromatic carbocycles. The van der Waals surface area contributed by atoms with E-state index in [2.05, 4.69) is 31.0 Å². The lowest BCUT2D eigenvalue weighted by Gasteiger charge is -2.57. The molecule has 0 aliphatic heterocycles. The van der Waals surface area contributed by atoms with E-state index in [1.807, 2.05) is 18.5 Å². The second kappa shape index (κ2) is 5.79. The van der Waals surface area contributed by atoms with Crippen molar-refractivity contribution in [1.29, 1.82) is 0 Å². The van der Waals surface area contributed by atoms with Gasteiger partial charge in [-0.2, -0.15) is 0 Å². The number of hydrogen-bond acceptors (Lipinski definition) is 2. The first-order chi connectivity index (χ1) is 12.9. The fourth-order valence-corrected chi connectivity index (χ4v) is 7.01. The Labute approximate surface area is 158 Å². The van der Waals surface area contributed by atoms with Crippen molar-refractivity contribution in [3.05, 3.63) is 47.8 Å². The van der Waals surface area contributed by atoms with E-state index >= 15 is 0 Å². The predicted molar refractivity (Wildman–Crippen MR) is 105 cm³/mol. The van der Waals surface area contributed by atoms with Crippen molar-refractivity contribution < 1.29 is 6.48 Å². The minimum Gasteiger partial charge on any atom is -0.393 e. The van der Waals surface area contributed by atoms with E-state index in [1.165, 1.54) is 24.0 Å². The van der Waals surface area contributed by atoms with Gasteiger partial charge in [0.15, 0.2) is 0 Å². The molecule has 0 radical (unpaired) electrons. The molecule has 2 fully saturated rings. The van der Waals surface area contributed by atoms with Crippen LogP contribution in [-0.4, -0.2) is 16.2 Å². The summed E-state index contributed by atoms with van der Waals surface area (Å²) in [5.74, 6) is 1.95. The van der Waals surface area contributed by atoms with Crippen LogP contribution in [0.2, 0.25) is 0 Å². The van der Waals surface area contributed by atoms with E-state index in [4.69, 9.17) is 1.37 Å². The van der Waals surface area contributed by atoms with Crippen molar-refractivity contribution in [1.82, 2.24) is 4.98 Å². The number of aromatic nitrogens is 1. The number of fused-ring (bicyclic) bond motifs is 5. The molecule has 5 rings (SSSR count). The Bertz CT molecular complexity index is 815. The summed E-state index contributed by atoms with van der Waals surface area (Å²) in [5.41, 5.74) is 4.32. The van der Waals surface area contributed by atoms with Crippen molar-refractivity contribution in [3.8, 4) is 0 Å². The molecule has 0 spiro atoms. The van der Waals surface area contributed by atoms with Gasteiger partial charge in [0.25, 0.3) is 0 Å². The fraction of sp³-hybridized carbons (Fsp3) is 0.625. The summed E-state index contributed by atoms with van der Waals surface area (Å²) in [7, 11) is 0. The van der Waals surface area contributed by atoms with Crippen LogP contribution in [0.1, 0.15) is 65.7 Å². The van der Waals surface area contributed by atoms with E-state index in [9.17, 15) is 5.11 Å². The molecule has 2 saturated carbocycles. The van der Waals surface area contributed by atoms with E-state index in [0.717, 1.165) is 43.7 Å². The summed E-state index contributed by atoms with van der Waals surface area (Å²) < 4.78 is 8.81. The van der Waals surface area contributed by atoms with Crippen molar-refractivity contribution in [3.63, 3.8) is 0 Å². The summed E-state index contributed by atoms with van der Waals surface area (Å²) in [5, 5.41) is 10.2. The van der Waals surface area contributed by atoms with Crippen LogP contribution in [0.15, 0.2) is 42.2 Å². The maximum absolute atomic E-state index is 10.2. The number of allylic oxidation sites excluding steroid dienone is 3. The first kappa shape index (κ1) is 15.6. The molecular formula is C24H31NO. The highest BCUT2D eigenvalue weighted by atomic mass is 16.3. The Balaban J connectivity index is 1.51. The molecule has 1 N–H and O–H groups in total. The molecule has 1 heterocycles. The van der Waals surface area contributed by atoms with Gasteiger partial charge < -0.3 is 5.11 Å². The molecule has 3 unspecified atom stereocenters. The second-order valence-electron chi connectivity index (χ2n) is 9.61. The largest absolute Gasteiger partial charge is 0.393 e. The van der Waals surface area contributed by atoms with Crippen LogP contribution in [0, 0.1) is 28.6 Å². The average Bonchev–Trinajstić information content (AvgIpc) is 2.93. The van der Waals surface area contributed by atoms with Gasteiger partial charge in [0.1, 0.15) is 0 Å². The topological polar surface area (TPSA) is 33.1 Å². The number of pyridine rings is 1. The quantitative estimate of drug-likeness (QED) is 0.688. The summed E-state index contributed by atoms with van der Waals surface area (Å²) in [6, 6.07) is 4.98. The smallest absolute Gasteiger partial charge is 0.0579 e. The number of rotatable bonds is 1. The summed E-state index contributed by atoms with van der Waals surface area (Å²) in [6.45, 7) is 4.89. The van der Waals surface area contributed by atoms with Crippen LogP contribution in [0.25, 0.3) is 5.57 Å². The molecule has 2 heteroatoms. The van der Waals surface area contributed by atoms with Crippen molar-refractivity contribution in [2.75, 3.05) is 0 Å². The Kier molecular flexibility index (Phi) is 3.48. The Morgan fingerprint density at radius 3 is 2.81 bits per heavy atom. The van der Waals surface area contributed by atoms with Crippen molar-refractivity contribution in [2.24, 2.45) is 28.6 Å². The lowest BCUT2D eigenvalue weighted by atomic mass is 9.47. The molecule has 1 aromatic heterocycles. The fourth-order valence-electron chi connectivity index (χ4n) is 7.01. The lowest BCUT2D eigenvalue weighted by Crippen LogP contribution is -2.49. The van der Waals surface area contributed by atoms with Gasteiger partial charge in [-0.1, -0.05) is 37.6 Å². The van der Waals surface area contributed by atoms with Gasteiger partial charge >= 0.3 is 0 Å². The lowest BCUT2D eigenvalue weighted by molar-refractivity contribution is -0.0238. The van der Waals surface area contributed by atoms with Gasteiger partial charge in [-0.05, 0) is 90.7 Å². The van der Waals surface area contributed by atoms with E-state index < -0.39 is 0 Å². The first-order valence-electron chi connectivity index (χ1n) is 10.9. The van der Waals surface area contributed by atoms with Gasteiger partial charge in [0, 0.05) is 12.4 Å². The summed E-state index contributed by atoms with van der Waals surface area (Å²) >= 11 is 0. The van der Waals surface area contributed by atoms with Gasteiger partial charge in [-0.15, -0.1) is 0 Å². The summed E-state index contributed by atoms with van der Waals surface area (Å²) in [6.07, 6.45) is 13.5. The molecule has 2 nitrogen and oxygen atoms in total. The highest BCUT2D eigenvalue weighted by Crippen LogP contribution is 2.66. The second-order valence-corrected chi connectivity index (χ2v) is 9.61. The number of hydrogen-bond donors (Lipinski definition) is 1. The maximum Gasteiger partial charge on any atom is 0.0579 e. The average molecular weight is 351 g/mol. The molecule has 1 aromatic rings. The minimum absolute atomic E-state index is 0.108. The van der Waals surface area contributed by atoms with Crippen LogP contribution in [0.4, 0.5) is 0 Å². The first-order valence-corrected chi connectivity index (χ1v) is 10.4. The SMILES string of the molecule is [2H]C1=C(c2cccnc2)[C@@]2(C)CCC3C(CC=C4C[C@@H](O)CC[C@@]43C)C2C1. The molecule has 4 aliphatic rings. The molecule has 0 saturated heterocycles. The van der Waals surface area contributed by atoms with Crippen LogP contribution in [0.3, 0.4) is 0 Å². The third-order valence-electron chi connectivity index (χ3n) is 8.49. The monoisotopic (exact) mass is 350 g/mol. The minimum atomic E-state index is -0.139. The zero-order valence-corrected chi connectivity index (χ0v) is 16.0. The van der Waals surface area contributed by atoms with Gasteiger partial charge in [-0.3, -0.25) is 4.98 Å². The maximum atomic E-state index is 10.2. The van der Waals surface area contributed by atoms with Gasteiger partial charge in [0.05, 0.1) is 7.47 Å². The van der Waals surface area contributed by atoms with Gasteiger partial charge in [-0.25, -0.2) is 0 Å². The molecular weight excluding hydrogens is 318 g/mol. The molecule has 6 atom stereocenters. The van der Waals surface area contributed by atoms with E-state index in [0.29, 0.717) is 17.8 Å². The Morgan fingerprint density at radius 1 is 1.15 bits per heavy atom. The Hall–Kier alpha value is -1.41. The highest BCUT2D eigenvalue weighted by molar-refractivity contribution is 5.72. The van der Waals surface area contributed by atoms with Crippen LogP contribution in [-0.2, 0) is 0 Å².